The average molecular weight is 381 g/mol. The van der Waals surface area contributed by atoms with Gasteiger partial charge in [0.25, 0.3) is 0 Å². The Morgan fingerprint density at radius 2 is 2.00 bits per heavy atom. The Morgan fingerprint density at radius 1 is 1.30 bits per heavy atom. The third kappa shape index (κ3) is 8.28. The monoisotopic (exact) mass is 381 g/mol. The summed E-state index contributed by atoms with van der Waals surface area (Å²) >= 11 is 0. The predicted octanol–water partition coefficient (Wildman–Crippen LogP) is 3.61. The Labute approximate surface area is 159 Å². The molecule has 1 amide bonds. The van der Waals surface area contributed by atoms with Gasteiger partial charge in [-0.25, -0.2) is 9.18 Å². The van der Waals surface area contributed by atoms with E-state index in [1.54, 1.807) is 33.8 Å². The maximum absolute atomic E-state index is 13.5. The van der Waals surface area contributed by atoms with Crippen molar-refractivity contribution in [1.29, 1.82) is 0 Å². The molecule has 1 fully saturated rings. The summed E-state index contributed by atoms with van der Waals surface area (Å²) in [7, 11) is 0. The second kappa shape index (κ2) is 9.06. The number of ether oxygens (including phenoxy) is 3. The molecule has 0 radical (unpaired) electrons. The van der Waals surface area contributed by atoms with E-state index >= 15 is 0 Å². The average Bonchev–Trinajstić information content (AvgIpc) is 3.36. The van der Waals surface area contributed by atoms with Crippen molar-refractivity contribution in [2.24, 2.45) is 5.92 Å². The van der Waals surface area contributed by atoms with Crippen LogP contribution in [-0.4, -0.2) is 36.9 Å². The lowest BCUT2D eigenvalue weighted by molar-refractivity contribution is -0.147. The van der Waals surface area contributed by atoms with Gasteiger partial charge in [0.15, 0.2) is 0 Å². The first-order chi connectivity index (χ1) is 12.6. The normalized spacial score (nSPS) is 15.0. The highest BCUT2D eigenvalue weighted by molar-refractivity contribution is 5.78. The van der Waals surface area contributed by atoms with Gasteiger partial charge in [0.2, 0.25) is 0 Å². The Balaban J connectivity index is 1.81. The Hall–Kier alpha value is -2.31. The van der Waals surface area contributed by atoms with Crippen LogP contribution in [0.15, 0.2) is 18.2 Å². The predicted molar refractivity (Wildman–Crippen MR) is 98.1 cm³/mol. The maximum atomic E-state index is 13.5. The lowest BCUT2D eigenvalue weighted by Gasteiger charge is -2.20. The molecule has 0 heterocycles. The molecule has 1 aromatic carbocycles. The van der Waals surface area contributed by atoms with Crippen LogP contribution in [0, 0.1) is 11.7 Å². The van der Waals surface area contributed by atoms with Crippen LogP contribution in [0.3, 0.4) is 0 Å². The van der Waals surface area contributed by atoms with Gasteiger partial charge in [0.05, 0.1) is 6.61 Å². The van der Waals surface area contributed by atoms with Gasteiger partial charge in [-0.15, -0.1) is 0 Å². The van der Waals surface area contributed by atoms with Crippen LogP contribution >= 0.6 is 0 Å². The van der Waals surface area contributed by atoms with E-state index < -0.39 is 23.8 Å². The number of halogens is 1. The van der Waals surface area contributed by atoms with Crippen LogP contribution in [0.4, 0.5) is 9.18 Å². The molecule has 1 aliphatic rings. The summed E-state index contributed by atoms with van der Waals surface area (Å²) in [6, 6.07) is 4.36. The lowest BCUT2D eigenvalue weighted by atomic mass is 10.1. The molecule has 0 bridgehead atoms. The van der Waals surface area contributed by atoms with Crippen molar-refractivity contribution in [1.82, 2.24) is 5.32 Å². The zero-order chi connectivity index (χ0) is 20.0. The van der Waals surface area contributed by atoms with Crippen LogP contribution in [0.25, 0.3) is 0 Å². The maximum Gasteiger partial charge on any atom is 0.408 e. The van der Waals surface area contributed by atoms with Crippen LogP contribution in [0.2, 0.25) is 0 Å². The minimum atomic E-state index is -0.679. The largest absolute Gasteiger partial charge is 0.493 e. The van der Waals surface area contributed by atoms with Crippen molar-refractivity contribution < 1.29 is 28.2 Å². The number of benzene rings is 1. The molecule has 1 saturated carbocycles. The fourth-order valence-electron chi connectivity index (χ4n) is 2.40. The first-order valence-corrected chi connectivity index (χ1v) is 9.20. The number of nitrogens with one attached hydrogen (secondary N) is 1. The minimum absolute atomic E-state index is 0.284. The second-order valence-electron chi connectivity index (χ2n) is 7.87. The van der Waals surface area contributed by atoms with E-state index in [-0.39, 0.29) is 12.4 Å². The highest BCUT2D eigenvalue weighted by atomic mass is 19.1. The summed E-state index contributed by atoms with van der Waals surface area (Å²) < 4.78 is 29.6. The van der Waals surface area contributed by atoms with Gasteiger partial charge in [-0.05, 0) is 58.1 Å². The molecular weight excluding hydrogens is 353 g/mol. The first-order valence-electron chi connectivity index (χ1n) is 9.20. The van der Waals surface area contributed by atoms with E-state index in [0.29, 0.717) is 24.7 Å². The first kappa shape index (κ1) is 21.0. The molecule has 7 heteroatoms. The quantitative estimate of drug-likeness (QED) is 0.697. The SMILES string of the molecule is CC(Cc1ccc(F)cc1OCC1CC1)OC(=O)CNC(=O)OC(C)(C)C. The minimum Gasteiger partial charge on any atom is -0.493 e. The molecule has 1 unspecified atom stereocenters. The molecular formula is C20H28FNO5. The van der Waals surface area contributed by atoms with E-state index in [9.17, 15) is 14.0 Å². The molecule has 0 saturated heterocycles. The molecule has 6 nitrogen and oxygen atoms in total. The molecule has 1 aliphatic carbocycles. The van der Waals surface area contributed by atoms with Crippen molar-refractivity contribution in [3.63, 3.8) is 0 Å². The van der Waals surface area contributed by atoms with E-state index in [0.717, 1.165) is 18.4 Å². The van der Waals surface area contributed by atoms with Crippen LogP contribution < -0.4 is 10.1 Å². The van der Waals surface area contributed by atoms with Gasteiger partial charge in [0, 0.05) is 12.5 Å². The highest BCUT2D eigenvalue weighted by Gasteiger charge is 2.23. The van der Waals surface area contributed by atoms with Crippen LogP contribution in [0.5, 0.6) is 5.75 Å². The summed E-state index contributed by atoms with van der Waals surface area (Å²) in [4.78, 5) is 23.4. The van der Waals surface area contributed by atoms with Gasteiger partial charge >= 0.3 is 12.1 Å². The molecule has 1 atom stereocenters. The standard InChI is InChI=1S/C20H28FNO5/c1-13(26-18(23)11-22-19(24)27-20(2,3)4)9-15-7-8-16(21)10-17(15)25-12-14-5-6-14/h7-8,10,13-14H,5-6,9,11-12H2,1-4H3,(H,22,24). The zero-order valence-electron chi connectivity index (χ0n) is 16.3. The molecule has 0 aromatic heterocycles. The summed E-state index contributed by atoms with van der Waals surface area (Å²) in [5, 5.41) is 2.36. The topological polar surface area (TPSA) is 73.9 Å². The number of amides is 1. The van der Waals surface area contributed by atoms with Crippen molar-refractivity contribution in [3.05, 3.63) is 29.6 Å². The number of hydrogen-bond acceptors (Lipinski definition) is 5. The zero-order valence-corrected chi connectivity index (χ0v) is 16.3. The van der Waals surface area contributed by atoms with Crippen LogP contribution in [0.1, 0.15) is 46.1 Å². The molecule has 27 heavy (non-hydrogen) atoms. The number of hydrogen-bond donors (Lipinski definition) is 1. The fourth-order valence-corrected chi connectivity index (χ4v) is 2.40. The number of esters is 1. The van der Waals surface area contributed by atoms with Gasteiger partial charge in [-0.2, -0.15) is 0 Å². The molecule has 2 rings (SSSR count). The highest BCUT2D eigenvalue weighted by Crippen LogP contribution is 2.31. The summed E-state index contributed by atoms with van der Waals surface area (Å²) in [6.45, 7) is 7.23. The summed E-state index contributed by atoms with van der Waals surface area (Å²) in [5.74, 6) is 0.0960. The Morgan fingerprint density at radius 3 is 2.63 bits per heavy atom. The van der Waals surface area contributed by atoms with E-state index in [1.807, 2.05) is 0 Å². The molecule has 150 valence electrons. The van der Waals surface area contributed by atoms with Crippen LogP contribution in [-0.2, 0) is 20.7 Å². The fraction of sp³-hybridized carbons (Fsp3) is 0.600. The van der Waals surface area contributed by atoms with E-state index in [1.165, 1.54) is 12.1 Å². The van der Waals surface area contributed by atoms with Crippen molar-refractivity contribution >= 4 is 12.1 Å². The lowest BCUT2D eigenvalue weighted by Crippen LogP contribution is -2.36. The van der Waals surface area contributed by atoms with E-state index in [2.05, 4.69) is 5.32 Å². The van der Waals surface area contributed by atoms with Gasteiger partial charge in [-0.3, -0.25) is 4.79 Å². The Bertz CT molecular complexity index is 667. The summed E-state index contributed by atoms with van der Waals surface area (Å²) in [6.07, 6.45) is 1.54. The number of rotatable bonds is 8. The van der Waals surface area contributed by atoms with Crippen molar-refractivity contribution in [3.8, 4) is 5.75 Å². The Kier molecular flexibility index (Phi) is 7.05. The van der Waals surface area contributed by atoms with E-state index in [4.69, 9.17) is 14.2 Å². The number of carbonyl (C=O) groups is 2. The third-order valence-corrected chi connectivity index (χ3v) is 3.82. The smallest absolute Gasteiger partial charge is 0.408 e. The van der Waals surface area contributed by atoms with Gasteiger partial charge < -0.3 is 19.5 Å². The molecule has 1 N–H and O–H groups in total. The molecule has 0 aliphatic heterocycles. The number of alkyl carbamates (subject to hydrolysis) is 1. The van der Waals surface area contributed by atoms with Crippen molar-refractivity contribution in [2.75, 3.05) is 13.2 Å². The number of carbonyl (C=O) groups excluding carboxylic acids is 2. The van der Waals surface area contributed by atoms with Crippen molar-refractivity contribution in [2.45, 2.75) is 58.7 Å². The third-order valence-electron chi connectivity index (χ3n) is 3.82. The van der Waals surface area contributed by atoms with Gasteiger partial charge in [-0.1, -0.05) is 6.07 Å². The second-order valence-corrected chi connectivity index (χ2v) is 7.87. The summed E-state index contributed by atoms with van der Waals surface area (Å²) in [5.41, 5.74) is 0.137. The van der Waals surface area contributed by atoms with Gasteiger partial charge in [0.1, 0.15) is 29.8 Å². The molecule has 0 spiro atoms. The molecule has 1 aromatic rings.